The van der Waals surface area contributed by atoms with Gasteiger partial charge in [-0.25, -0.2) is 0 Å². The summed E-state index contributed by atoms with van der Waals surface area (Å²) in [5.41, 5.74) is -0.865. The molecule has 20 heavy (non-hydrogen) atoms. The van der Waals surface area contributed by atoms with Gasteiger partial charge in [0.15, 0.2) is 17.3 Å². The molecular formula is C15H20O5. The zero-order valence-corrected chi connectivity index (χ0v) is 12.5. The fourth-order valence-electron chi connectivity index (χ4n) is 1.74. The Hall–Kier alpha value is -2.04. The van der Waals surface area contributed by atoms with Gasteiger partial charge in [-0.05, 0) is 39.0 Å². The lowest BCUT2D eigenvalue weighted by atomic mass is 9.84. The van der Waals surface area contributed by atoms with Gasteiger partial charge in [-0.2, -0.15) is 0 Å². The van der Waals surface area contributed by atoms with Gasteiger partial charge in [-0.15, -0.1) is 0 Å². The van der Waals surface area contributed by atoms with E-state index in [1.807, 2.05) is 0 Å². The average molecular weight is 280 g/mol. The SMILES string of the molecule is CCOC(=O)C(C)(C)C(=O)c1ccc(OC)c(OC)c1. The van der Waals surface area contributed by atoms with Crippen molar-refractivity contribution in [2.45, 2.75) is 20.8 Å². The van der Waals surface area contributed by atoms with Crippen LogP contribution in [-0.4, -0.2) is 32.6 Å². The Bertz CT molecular complexity index is 505. The van der Waals surface area contributed by atoms with Crippen LogP contribution in [0.15, 0.2) is 18.2 Å². The van der Waals surface area contributed by atoms with Crippen LogP contribution in [0.5, 0.6) is 11.5 Å². The molecule has 0 heterocycles. The molecule has 0 bridgehead atoms. The number of esters is 1. The first-order chi connectivity index (χ1) is 9.38. The predicted molar refractivity (Wildman–Crippen MR) is 74.3 cm³/mol. The van der Waals surface area contributed by atoms with Gasteiger partial charge in [0.05, 0.1) is 20.8 Å². The Kier molecular flexibility index (Phi) is 5.13. The van der Waals surface area contributed by atoms with Crippen molar-refractivity contribution in [1.82, 2.24) is 0 Å². The molecule has 0 atom stereocenters. The van der Waals surface area contributed by atoms with Crippen LogP contribution in [0.25, 0.3) is 0 Å². The van der Waals surface area contributed by atoms with E-state index in [2.05, 4.69) is 0 Å². The first-order valence-electron chi connectivity index (χ1n) is 6.32. The molecule has 0 radical (unpaired) electrons. The van der Waals surface area contributed by atoms with Gasteiger partial charge in [-0.1, -0.05) is 0 Å². The number of carbonyl (C=O) groups is 2. The third-order valence-corrected chi connectivity index (χ3v) is 3.00. The van der Waals surface area contributed by atoms with Crippen molar-refractivity contribution in [3.8, 4) is 11.5 Å². The molecule has 1 aromatic carbocycles. The Morgan fingerprint density at radius 1 is 1.10 bits per heavy atom. The van der Waals surface area contributed by atoms with E-state index in [4.69, 9.17) is 14.2 Å². The third kappa shape index (κ3) is 3.10. The van der Waals surface area contributed by atoms with E-state index in [1.165, 1.54) is 14.2 Å². The molecular weight excluding hydrogens is 260 g/mol. The largest absolute Gasteiger partial charge is 0.493 e. The second kappa shape index (κ2) is 6.41. The number of hydrogen-bond acceptors (Lipinski definition) is 5. The summed E-state index contributed by atoms with van der Waals surface area (Å²) in [5, 5.41) is 0. The zero-order chi connectivity index (χ0) is 15.3. The Morgan fingerprint density at radius 3 is 2.20 bits per heavy atom. The van der Waals surface area contributed by atoms with Gasteiger partial charge in [0.2, 0.25) is 0 Å². The maximum atomic E-state index is 12.5. The van der Waals surface area contributed by atoms with Crippen LogP contribution in [0.1, 0.15) is 31.1 Å². The molecule has 0 spiro atoms. The van der Waals surface area contributed by atoms with Crippen molar-refractivity contribution in [2.24, 2.45) is 5.41 Å². The van der Waals surface area contributed by atoms with E-state index in [9.17, 15) is 9.59 Å². The van der Waals surface area contributed by atoms with Gasteiger partial charge < -0.3 is 14.2 Å². The summed E-state index contributed by atoms with van der Waals surface area (Å²) in [6, 6.07) is 4.79. The molecule has 0 saturated heterocycles. The first kappa shape index (κ1) is 16.0. The molecule has 0 aliphatic rings. The van der Waals surface area contributed by atoms with Crippen LogP contribution in [0.2, 0.25) is 0 Å². The Morgan fingerprint density at radius 2 is 1.70 bits per heavy atom. The van der Waals surface area contributed by atoms with E-state index in [0.29, 0.717) is 17.1 Å². The summed E-state index contributed by atoms with van der Waals surface area (Å²) < 4.78 is 15.2. The molecule has 0 unspecified atom stereocenters. The van der Waals surface area contributed by atoms with Crippen molar-refractivity contribution < 1.29 is 23.8 Å². The molecule has 5 nitrogen and oxygen atoms in total. The number of methoxy groups -OCH3 is 2. The lowest BCUT2D eigenvalue weighted by Gasteiger charge is -2.21. The molecule has 0 aliphatic carbocycles. The van der Waals surface area contributed by atoms with Crippen molar-refractivity contribution in [3.05, 3.63) is 23.8 Å². The minimum atomic E-state index is -1.24. The van der Waals surface area contributed by atoms with Crippen molar-refractivity contribution in [2.75, 3.05) is 20.8 Å². The van der Waals surface area contributed by atoms with E-state index in [1.54, 1.807) is 39.0 Å². The molecule has 0 fully saturated rings. The maximum absolute atomic E-state index is 12.5. The van der Waals surface area contributed by atoms with E-state index >= 15 is 0 Å². The van der Waals surface area contributed by atoms with E-state index in [0.717, 1.165) is 0 Å². The van der Waals surface area contributed by atoms with Crippen LogP contribution >= 0.6 is 0 Å². The molecule has 0 aromatic heterocycles. The van der Waals surface area contributed by atoms with Crippen molar-refractivity contribution in [3.63, 3.8) is 0 Å². The number of rotatable bonds is 6. The normalized spacial score (nSPS) is 10.8. The fraction of sp³-hybridized carbons (Fsp3) is 0.467. The van der Waals surface area contributed by atoms with Crippen LogP contribution in [0, 0.1) is 5.41 Å². The van der Waals surface area contributed by atoms with Gasteiger partial charge in [0, 0.05) is 5.56 Å². The zero-order valence-electron chi connectivity index (χ0n) is 12.5. The highest BCUT2D eigenvalue weighted by atomic mass is 16.5. The Balaban J connectivity index is 3.11. The van der Waals surface area contributed by atoms with E-state index in [-0.39, 0.29) is 12.4 Å². The number of ether oxygens (including phenoxy) is 3. The lowest BCUT2D eigenvalue weighted by Crippen LogP contribution is -2.35. The predicted octanol–water partition coefficient (Wildman–Crippen LogP) is 2.48. The van der Waals surface area contributed by atoms with Gasteiger partial charge in [0.25, 0.3) is 0 Å². The molecule has 0 amide bonds. The lowest BCUT2D eigenvalue weighted by molar-refractivity contribution is -0.150. The number of Topliss-reactive ketones (excluding diaryl/α,β-unsaturated/α-hetero) is 1. The number of benzene rings is 1. The molecule has 0 saturated carbocycles. The fourth-order valence-corrected chi connectivity index (χ4v) is 1.74. The van der Waals surface area contributed by atoms with E-state index < -0.39 is 11.4 Å². The quantitative estimate of drug-likeness (QED) is 0.455. The van der Waals surface area contributed by atoms with Crippen molar-refractivity contribution >= 4 is 11.8 Å². The number of carbonyl (C=O) groups excluding carboxylic acids is 2. The molecule has 1 aromatic rings. The maximum Gasteiger partial charge on any atom is 0.319 e. The van der Waals surface area contributed by atoms with Gasteiger partial charge in [0.1, 0.15) is 5.41 Å². The molecule has 0 N–H and O–H groups in total. The summed E-state index contributed by atoms with van der Waals surface area (Å²) in [6.45, 7) is 5.03. The van der Waals surface area contributed by atoms with Gasteiger partial charge >= 0.3 is 5.97 Å². The van der Waals surface area contributed by atoms with Crippen molar-refractivity contribution in [1.29, 1.82) is 0 Å². The second-order valence-corrected chi connectivity index (χ2v) is 4.74. The average Bonchev–Trinajstić information content (AvgIpc) is 2.45. The van der Waals surface area contributed by atoms with Gasteiger partial charge in [-0.3, -0.25) is 9.59 Å². The topological polar surface area (TPSA) is 61.8 Å². The highest BCUT2D eigenvalue weighted by molar-refractivity contribution is 6.12. The number of ketones is 1. The molecule has 1 rings (SSSR count). The minimum Gasteiger partial charge on any atom is -0.493 e. The summed E-state index contributed by atoms with van der Waals surface area (Å²) in [4.78, 5) is 24.3. The van der Waals surface area contributed by atoms with Crippen LogP contribution in [0.4, 0.5) is 0 Å². The number of hydrogen-bond donors (Lipinski definition) is 0. The molecule has 5 heteroatoms. The van der Waals surface area contributed by atoms with Crippen LogP contribution < -0.4 is 9.47 Å². The Labute approximate surface area is 118 Å². The minimum absolute atomic E-state index is 0.238. The summed E-state index contributed by atoms with van der Waals surface area (Å²) >= 11 is 0. The molecule has 110 valence electrons. The summed E-state index contributed by atoms with van der Waals surface area (Å²) in [6.07, 6.45) is 0. The van der Waals surface area contributed by atoms with Crippen LogP contribution in [-0.2, 0) is 9.53 Å². The van der Waals surface area contributed by atoms with Crippen LogP contribution in [0.3, 0.4) is 0 Å². The monoisotopic (exact) mass is 280 g/mol. The first-order valence-corrected chi connectivity index (χ1v) is 6.32. The second-order valence-electron chi connectivity index (χ2n) is 4.74. The smallest absolute Gasteiger partial charge is 0.319 e. The highest BCUT2D eigenvalue weighted by Gasteiger charge is 2.38. The third-order valence-electron chi connectivity index (χ3n) is 3.00. The highest BCUT2D eigenvalue weighted by Crippen LogP contribution is 2.31. The standard InChI is InChI=1S/C15H20O5/c1-6-20-14(17)15(2,3)13(16)10-7-8-11(18-4)12(9-10)19-5/h7-9H,6H2,1-5H3. The molecule has 0 aliphatic heterocycles. The summed E-state index contributed by atoms with van der Waals surface area (Å²) in [5.74, 6) is 0.104. The summed E-state index contributed by atoms with van der Waals surface area (Å²) in [7, 11) is 3.00.